The lowest BCUT2D eigenvalue weighted by Gasteiger charge is -2.44. The smallest absolute Gasteiger partial charge is 0.251 e. The predicted molar refractivity (Wildman–Crippen MR) is 116 cm³/mol. The van der Waals surface area contributed by atoms with E-state index in [4.69, 9.17) is 4.74 Å². The molecule has 1 aromatic heterocycles. The lowest BCUT2D eigenvalue weighted by atomic mass is 9.82. The number of carbonyl (C=O) groups excluding carboxylic acids is 2. The van der Waals surface area contributed by atoms with Crippen molar-refractivity contribution in [2.75, 3.05) is 30.5 Å². The fraction of sp³-hybridized carbons (Fsp3) is 0.455. The minimum Gasteiger partial charge on any atom is -0.383 e. The number of carbonyl (C=O) groups is 2. The molecule has 0 bridgehead atoms. The fourth-order valence-electron chi connectivity index (χ4n) is 3.87. The lowest BCUT2D eigenvalue weighted by Crippen LogP contribution is -2.48. The average Bonchev–Trinajstić information content (AvgIpc) is 2.71. The van der Waals surface area contributed by atoms with Crippen molar-refractivity contribution < 1.29 is 14.3 Å². The van der Waals surface area contributed by atoms with Gasteiger partial charge in [0.1, 0.15) is 0 Å². The van der Waals surface area contributed by atoms with Crippen LogP contribution in [0.25, 0.3) is 0 Å². The Bertz CT molecular complexity index is 933. The van der Waals surface area contributed by atoms with Gasteiger partial charge in [-0.1, -0.05) is 6.92 Å². The van der Waals surface area contributed by atoms with Crippen molar-refractivity contribution in [2.45, 2.75) is 39.8 Å². The van der Waals surface area contributed by atoms with Crippen LogP contribution in [0.2, 0.25) is 0 Å². The molecule has 8 nitrogen and oxygen atoms in total. The maximum absolute atomic E-state index is 12.6. The Morgan fingerprint density at radius 3 is 2.67 bits per heavy atom. The fourth-order valence-corrected chi connectivity index (χ4v) is 3.87. The number of aryl methyl sites for hydroxylation is 1. The summed E-state index contributed by atoms with van der Waals surface area (Å²) < 4.78 is 5.00. The molecular formula is C22H29N5O3. The molecule has 3 unspecified atom stereocenters. The van der Waals surface area contributed by atoms with E-state index in [1.54, 1.807) is 31.2 Å². The number of ether oxygens (including phenoxy) is 1. The monoisotopic (exact) mass is 411 g/mol. The summed E-state index contributed by atoms with van der Waals surface area (Å²) in [5.41, 5.74) is 3.07. The second kappa shape index (κ2) is 9.21. The van der Waals surface area contributed by atoms with Crippen LogP contribution in [0.5, 0.6) is 0 Å². The van der Waals surface area contributed by atoms with Crippen molar-refractivity contribution in [2.24, 2.45) is 5.92 Å². The van der Waals surface area contributed by atoms with Crippen LogP contribution < -0.4 is 15.5 Å². The average molecular weight is 412 g/mol. The standard InChI is InChI=1S/C22H29N5O3/c1-13-8-9-24-22(25-13)26-20-14(2)15(3)27(16(4)28)19-7-6-17(12-18(19)20)21(29)23-10-11-30-5/h6-9,12,14-15,20H,10-11H2,1-5H3,(H,23,29)(H,24,25,26). The summed E-state index contributed by atoms with van der Waals surface area (Å²) in [6, 6.07) is 7.10. The Morgan fingerprint density at radius 2 is 2.00 bits per heavy atom. The minimum absolute atomic E-state index is 0.0290. The van der Waals surface area contributed by atoms with E-state index in [1.807, 2.05) is 32.0 Å². The molecule has 160 valence electrons. The predicted octanol–water partition coefficient (Wildman–Crippen LogP) is 2.71. The number of hydrogen-bond acceptors (Lipinski definition) is 6. The number of fused-ring (bicyclic) bond motifs is 1. The number of methoxy groups -OCH3 is 1. The van der Waals surface area contributed by atoms with Gasteiger partial charge in [0.05, 0.1) is 12.6 Å². The number of anilines is 2. The summed E-state index contributed by atoms with van der Waals surface area (Å²) in [6.07, 6.45) is 1.71. The van der Waals surface area contributed by atoms with Gasteiger partial charge in [-0.25, -0.2) is 9.97 Å². The highest BCUT2D eigenvalue weighted by Crippen LogP contribution is 2.42. The first kappa shape index (κ1) is 21.7. The van der Waals surface area contributed by atoms with Gasteiger partial charge in [-0.05, 0) is 43.7 Å². The first-order valence-electron chi connectivity index (χ1n) is 10.1. The molecule has 3 atom stereocenters. The van der Waals surface area contributed by atoms with Crippen LogP contribution in [0.1, 0.15) is 48.4 Å². The second-order valence-electron chi connectivity index (χ2n) is 7.65. The molecule has 0 saturated heterocycles. The number of nitrogens with one attached hydrogen (secondary N) is 2. The second-order valence-corrected chi connectivity index (χ2v) is 7.65. The summed E-state index contributed by atoms with van der Waals surface area (Å²) in [6.45, 7) is 8.47. The molecule has 2 heterocycles. The van der Waals surface area contributed by atoms with Gasteiger partial charge in [0, 0.05) is 55.7 Å². The van der Waals surface area contributed by atoms with Crippen molar-refractivity contribution in [3.05, 3.63) is 47.3 Å². The quantitative estimate of drug-likeness (QED) is 0.710. The van der Waals surface area contributed by atoms with E-state index >= 15 is 0 Å². The first-order chi connectivity index (χ1) is 14.3. The van der Waals surface area contributed by atoms with E-state index in [9.17, 15) is 9.59 Å². The Morgan fingerprint density at radius 1 is 1.23 bits per heavy atom. The zero-order chi connectivity index (χ0) is 21.8. The van der Waals surface area contributed by atoms with Gasteiger partial charge >= 0.3 is 0 Å². The molecule has 2 aromatic rings. The normalized spacial score (nSPS) is 20.4. The van der Waals surface area contributed by atoms with Crippen LogP contribution in [0, 0.1) is 12.8 Å². The largest absolute Gasteiger partial charge is 0.383 e. The SMILES string of the molecule is COCCNC(=O)c1ccc2c(c1)C(Nc1nccc(C)n1)C(C)C(C)N2C(C)=O. The number of nitrogens with zero attached hydrogens (tertiary/aromatic N) is 3. The Kier molecular flexibility index (Phi) is 6.66. The molecule has 8 heteroatoms. The molecule has 2 N–H and O–H groups in total. The molecule has 30 heavy (non-hydrogen) atoms. The van der Waals surface area contributed by atoms with E-state index in [2.05, 4.69) is 27.5 Å². The summed E-state index contributed by atoms with van der Waals surface area (Å²) in [7, 11) is 1.59. The van der Waals surface area contributed by atoms with Gasteiger partial charge in [-0.15, -0.1) is 0 Å². The number of rotatable bonds is 6. The molecule has 1 aliphatic heterocycles. The van der Waals surface area contributed by atoms with Crippen LogP contribution in [0.3, 0.4) is 0 Å². The highest BCUT2D eigenvalue weighted by Gasteiger charge is 2.38. The van der Waals surface area contributed by atoms with Crippen molar-refractivity contribution in [1.82, 2.24) is 15.3 Å². The van der Waals surface area contributed by atoms with Crippen LogP contribution in [0.4, 0.5) is 11.6 Å². The van der Waals surface area contributed by atoms with E-state index in [1.165, 1.54) is 0 Å². The minimum atomic E-state index is -0.180. The van der Waals surface area contributed by atoms with Crippen LogP contribution in [-0.4, -0.2) is 48.1 Å². The Balaban J connectivity index is 2.01. The van der Waals surface area contributed by atoms with E-state index in [0.717, 1.165) is 16.9 Å². The number of aromatic nitrogens is 2. The van der Waals surface area contributed by atoms with E-state index in [0.29, 0.717) is 24.7 Å². The summed E-state index contributed by atoms with van der Waals surface area (Å²) in [5.74, 6) is 0.382. The highest BCUT2D eigenvalue weighted by atomic mass is 16.5. The molecule has 0 spiro atoms. The van der Waals surface area contributed by atoms with E-state index < -0.39 is 0 Å². The Labute approximate surface area is 177 Å². The molecule has 1 aliphatic rings. The van der Waals surface area contributed by atoms with Gasteiger partial charge in [-0.2, -0.15) is 0 Å². The van der Waals surface area contributed by atoms with Gasteiger partial charge in [0.15, 0.2) is 0 Å². The lowest BCUT2D eigenvalue weighted by molar-refractivity contribution is -0.117. The topological polar surface area (TPSA) is 96.4 Å². The zero-order valence-corrected chi connectivity index (χ0v) is 18.1. The maximum Gasteiger partial charge on any atom is 0.251 e. The maximum atomic E-state index is 12.6. The van der Waals surface area contributed by atoms with E-state index in [-0.39, 0.29) is 29.8 Å². The molecule has 3 rings (SSSR count). The van der Waals surface area contributed by atoms with Crippen molar-refractivity contribution in [3.8, 4) is 0 Å². The van der Waals surface area contributed by atoms with Crippen molar-refractivity contribution in [3.63, 3.8) is 0 Å². The van der Waals surface area contributed by atoms with Crippen LogP contribution >= 0.6 is 0 Å². The summed E-state index contributed by atoms with van der Waals surface area (Å²) in [4.78, 5) is 35.6. The van der Waals surface area contributed by atoms with Gasteiger partial charge < -0.3 is 20.3 Å². The third-order valence-electron chi connectivity index (χ3n) is 5.59. The highest BCUT2D eigenvalue weighted by molar-refractivity contribution is 5.98. The molecule has 0 fully saturated rings. The van der Waals surface area contributed by atoms with Gasteiger partial charge in [-0.3, -0.25) is 9.59 Å². The van der Waals surface area contributed by atoms with Gasteiger partial charge in [0.25, 0.3) is 5.91 Å². The summed E-state index contributed by atoms with van der Waals surface area (Å²) >= 11 is 0. The van der Waals surface area contributed by atoms with Gasteiger partial charge in [0.2, 0.25) is 11.9 Å². The molecule has 1 aromatic carbocycles. The summed E-state index contributed by atoms with van der Waals surface area (Å²) in [5, 5.41) is 6.27. The number of hydrogen-bond donors (Lipinski definition) is 2. The third kappa shape index (κ3) is 4.43. The van der Waals surface area contributed by atoms with Crippen molar-refractivity contribution in [1.29, 1.82) is 0 Å². The van der Waals surface area contributed by atoms with Crippen LogP contribution in [-0.2, 0) is 9.53 Å². The third-order valence-corrected chi connectivity index (χ3v) is 5.59. The number of amides is 2. The van der Waals surface area contributed by atoms with Crippen molar-refractivity contribution >= 4 is 23.5 Å². The molecular weight excluding hydrogens is 382 g/mol. The number of benzene rings is 1. The Hall–Kier alpha value is -3.00. The molecule has 0 saturated carbocycles. The molecule has 2 amide bonds. The van der Waals surface area contributed by atoms with Crippen LogP contribution in [0.15, 0.2) is 30.5 Å². The zero-order valence-electron chi connectivity index (χ0n) is 18.1. The molecule has 0 radical (unpaired) electrons. The molecule has 0 aliphatic carbocycles. The first-order valence-corrected chi connectivity index (χ1v) is 10.1.